The molecular formula is C8H20N4. The van der Waals surface area contributed by atoms with Gasteiger partial charge >= 0.3 is 0 Å². The summed E-state index contributed by atoms with van der Waals surface area (Å²) in [5.41, 5.74) is 11.1. The van der Waals surface area contributed by atoms with E-state index in [2.05, 4.69) is 17.3 Å². The molecule has 0 aromatic heterocycles. The van der Waals surface area contributed by atoms with Crippen LogP contribution in [-0.2, 0) is 0 Å². The summed E-state index contributed by atoms with van der Waals surface area (Å²) in [4.78, 5) is 2.33. The van der Waals surface area contributed by atoms with Crippen LogP contribution in [0.4, 0.5) is 0 Å². The van der Waals surface area contributed by atoms with Crippen molar-refractivity contribution in [1.82, 2.24) is 10.2 Å². The first-order valence-electron chi connectivity index (χ1n) is 4.60. The first kappa shape index (κ1) is 9.92. The van der Waals surface area contributed by atoms with Crippen molar-refractivity contribution in [2.45, 2.75) is 18.5 Å². The molecule has 0 aliphatic carbocycles. The van der Waals surface area contributed by atoms with Crippen molar-refractivity contribution in [2.75, 3.05) is 33.2 Å². The molecule has 72 valence electrons. The summed E-state index contributed by atoms with van der Waals surface area (Å²) < 4.78 is 0. The molecule has 1 rings (SSSR count). The standard InChI is InChI=1S/C8H20N4/c1-12-3-2-8(6-12)11-5-7(10)4-9/h7-8,11H,2-6,9-10H2,1H3. The van der Waals surface area contributed by atoms with Gasteiger partial charge in [-0.1, -0.05) is 0 Å². The van der Waals surface area contributed by atoms with Gasteiger partial charge in [0.25, 0.3) is 0 Å². The maximum atomic E-state index is 5.68. The van der Waals surface area contributed by atoms with Crippen molar-refractivity contribution in [1.29, 1.82) is 0 Å². The second-order valence-corrected chi connectivity index (χ2v) is 3.65. The Morgan fingerprint density at radius 1 is 1.67 bits per heavy atom. The molecule has 1 aliphatic rings. The molecule has 1 saturated heterocycles. The Morgan fingerprint density at radius 2 is 2.42 bits per heavy atom. The highest BCUT2D eigenvalue weighted by Gasteiger charge is 2.18. The minimum atomic E-state index is 0.107. The highest BCUT2D eigenvalue weighted by molar-refractivity contribution is 4.80. The van der Waals surface area contributed by atoms with Gasteiger partial charge in [-0.3, -0.25) is 0 Å². The zero-order chi connectivity index (χ0) is 8.97. The zero-order valence-corrected chi connectivity index (χ0v) is 7.79. The van der Waals surface area contributed by atoms with Crippen LogP contribution < -0.4 is 16.8 Å². The normalized spacial score (nSPS) is 27.8. The van der Waals surface area contributed by atoms with Crippen LogP contribution in [-0.4, -0.2) is 50.2 Å². The molecular weight excluding hydrogens is 152 g/mol. The summed E-state index contributed by atoms with van der Waals surface area (Å²) in [7, 11) is 2.14. The maximum absolute atomic E-state index is 5.68. The quantitative estimate of drug-likeness (QED) is 0.486. The molecule has 12 heavy (non-hydrogen) atoms. The fraction of sp³-hybridized carbons (Fsp3) is 1.00. The van der Waals surface area contributed by atoms with Gasteiger partial charge in [-0.25, -0.2) is 0 Å². The van der Waals surface area contributed by atoms with E-state index < -0.39 is 0 Å². The lowest BCUT2D eigenvalue weighted by Gasteiger charge is -2.15. The van der Waals surface area contributed by atoms with Gasteiger partial charge in [0.1, 0.15) is 0 Å². The van der Waals surface area contributed by atoms with Crippen LogP contribution in [0.5, 0.6) is 0 Å². The average Bonchev–Trinajstić information content (AvgIpc) is 2.47. The third-order valence-corrected chi connectivity index (χ3v) is 2.36. The predicted molar refractivity (Wildman–Crippen MR) is 50.9 cm³/mol. The maximum Gasteiger partial charge on any atom is 0.0290 e. The molecule has 0 bridgehead atoms. The summed E-state index contributed by atoms with van der Waals surface area (Å²) in [6, 6.07) is 0.725. The Hall–Kier alpha value is -0.160. The van der Waals surface area contributed by atoms with Gasteiger partial charge in [0.2, 0.25) is 0 Å². The molecule has 4 heteroatoms. The Kier molecular flexibility index (Phi) is 3.94. The van der Waals surface area contributed by atoms with E-state index in [4.69, 9.17) is 11.5 Å². The topological polar surface area (TPSA) is 67.3 Å². The fourth-order valence-corrected chi connectivity index (χ4v) is 1.50. The van der Waals surface area contributed by atoms with E-state index in [1.165, 1.54) is 13.0 Å². The van der Waals surface area contributed by atoms with E-state index in [1.54, 1.807) is 0 Å². The lowest BCUT2D eigenvalue weighted by Crippen LogP contribution is -2.44. The molecule has 0 saturated carbocycles. The number of hydrogen-bond acceptors (Lipinski definition) is 4. The molecule has 2 atom stereocenters. The molecule has 2 unspecified atom stereocenters. The minimum absolute atomic E-state index is 0.107. The Labute approximate surface area is 74.3 Å². The van der Waals surface area contributed by atoms with Gasteiger partial charge in [-0.15, -0.1) is 0 Å². The molecule has 0 amide bonds. The minimum Gasteiger partial charge on any atom is -0.329 e. The van der Waals surface area contributed by atoms with Crippen molar-refractivity contribution in [2.24, 2.45) is 11.5 Å². The third-order valence-electron chi connectivity index (χ3n) is 2.36. The smallest absolute Gasteiger partial charge is 0.0290 e. The number of nitrogens with one attached hydrogen (secondary N) is 1. The number of rotatable bonds is 4. The van der Waals surface area contributed by atoms with Crippen molar-refractivity contribution in [3.8, 4) is 0 Å². The highest BCUT2D eigenvalue weighted by atomic mass is 15.2. The summed E-state index contributed by atoms with van der Waals surface area (Å²) in [5.74, 6) is 0. The van der Waals surface area contributed by atoms with E-state index in [9.17, 15) is 0 Å². The van der Waals surface area contributed by atoms with Crippen molar-refractivity contribution < 1.29 is 0 Å². The Balaban J connectivity index is 2.07. The van der Waals surface area contributed by atoms with Gasteiger partial charge in [0.15, 0.2) is 0 Å². The van der Waals surface area contributed by atoms with Crippen LogP contribution in [0.3, 0.4) is 0 Å². The SMILES string of the molecule is CN1CCC(NCC(N)CN)C1. The van der Waals surface area contributed by atoms with Crippen molar-refractivity contribution >= 4 is 0 Å². The molecule has 0 aromatic carbocycles. The Morgan fingerprint density at radius 3 is 2.92 bits per heavy atom. The van der Waals surface area contributed by atoms with Crippen LogP contribution in [0.2, 0.25) is 0 Å². The lowest BCUT2D eigenvalue weighted by molar-refractivity contribution is 0.395. The number of likely N-dealkylation sites (N-methyl/N-ethyl adjacent to an activating group) is 1. The van der Waals surface area contributed by atoms with Crippen molar-refractivity contribution in [3.05, 3.63) is 0 Å². The number of hydrogen-bond donors (Lipinski definition) is 3. The second-order valence-electron chi connectivity index (χ2n) is 3.65. The summed E-state index contributed by atoms with van der Waals surface area (Å²) in [5, 5.41) is 3.42. The van der Waals surface area contributed by atoms with Gasteiger partial charge < -0.3 is 21.7 Å². The number of nitrogens with zero attached hydrogens (tertiary/aromatic N) is 1. The first-order chi connectivity index (χ1) is 5.72. The van der Waals surface area contributed by atoms with Gasteiger partial charge in [-0.05, 0) is 20.0 Å². The fourth-order valence-electron chi connectivity index (χ4n) is 1.50. The molecule has 1 heterocycles. The first-order valence-corrected chi connectivity index (χ1v) is 4.60. The van der Waals surface area contributed by atoms with E-state index in [0.717, 1.165) is 13.1 Å². The Bertz CT molecular complexity index is 128. The molecule has 0 aromatic rings. The molecule has 4 nitrogen and oxygen atoms in total. The summed E-state index contributed by atoms with van der Waals surface area (Å²) in [6.07, 6.45) is 1.23. The van der Waals surface area contributed by atoms with Crippen molar-refractivity contribution in [3.63, 3.8) is 0 Å². The highest BCUT2D eigenvalue weighted by Crippen LogP contribution is 2.05. The monoisotopic (exact) mass is 172 g/mol. The van der Waals surface area contributed by atoms with Gasteiger partial charge in [0.05, 0.1) is 0 Å². The van der Waals surface area contributed by atoms with Crippen LogP contribution in [0.15, 0.2) is 0 Å². The molecule has 1 aliphatic heterocycles. The molecule has 1 fully saturated rings. The van der Waals surface area contributed by atoms with E-state index in [0.29, 0.717) is 12.6 Å². The second kappa shape index (κ2) is 4.77. The van der Waals surface area contributed by atoms with Crippen LogP contribution >= 0.6 is 0 Å². The zero-order valence-electron chi connectivity index (χ0n) is 7.79. The van der Waals surface area contributed by atoms with Crippen LogP contribution in [0.1, 0.15) is 6.42 Å². The third kappa shape index (κ3) is 3.06. The molecule has 0 radical (unpaired) electrons. The number of nitrogens with two attached hydrogens (primary N) is 2. The van der Waals surface area contributed by atoms with Gasteiger partial charge in [-0.2, -0.15) is 0 Å². The molecule has 0 spiro atoms. The summed E-state index contributed by atoms with van der Waals surface area (Å²) >= 11 is 0. The summed E-state index contributed by atoms with van der Waals surface area (Å²) in [6.45, 7) is 3.73. The molecule has 5 N–H and O–H groups in total. The lowest BCUT2D eigenvalue weighted by atomic mass is 10.2. The average molecular weight is 172 g/mol. The van der Waals surface area contributed by atoms with E-state index in [1.807, 2.05) is 0 Å². The van der Waals surface area contributed by atoms with Crippen LogP contribution in [0.25, 0.3) is 0 Å². The predicted octanol–water partition coefficient (Wildman–Crippen LogP) is -1.43. The largest absolute Gasteiger partial charge is 0.329 e. The van der Waals surface area contributed by atoms with E-state index >= 15 is 0 Å². The van der Waals surface area contributed by atoms with Crippen LogP contribution in [0, 0.1) is 0 Å². The van der Waals surface area contributed by atoms with Gasteiger partial charge in [0, 0.05) is 31.7 Å². The number of likely N-dealkylation sites (tertiary alicyclic amines) is 1. The van der Waals surface area contributed by atoms with E-state index in [-0.39, 0.29) is 6.04 Å².